The molecule has 1 aromatic carbocycles. The van der Waals surface area contributed by atoms with Crippen LogP contribution >= 0.6 is 11.6 Å². The molecule has 1 aromatic rings. The van der Waals surface area contributed by atoms with Gasteiger partial charge in [0.25, 0.3) is 0 Å². The number of Topliss-reactive ketones (excluding diaryl/α,β-unsaturated/α-hetero) is 1. The van der Waals surface area contributed by atoms with Crippen LogP contribution in [0, 0.1) is 0 Å². The van der Waals surface area contributed by atoms with Crippen molar-refractivity contribution in [3.8, 4) is 0 Å². The Labute approximate surface area is 106 Å². The number of hydrogen-bond acceptors (Lipinski definition) is 3. The number of hydrogen-bond donors (Lipinski definition) is 0. The van der Waals surface area contributed by atoms with Gasteiger partial charge in [-0.15, -0.1) is 11.6 Å². The van der Waals surface area contributed by atoms with Gasteiger partial charge in [0.1, 0.15) is 5.78 Å². The second-order valence-corrected chi connectivity index (χ2v) is 3.98. The first kappa shape index (κ1) is 13.7. The van der Waals surface area contributed by atoms with E-state index in [4.69, 9.17) is 16.3 Å². The lowest BCUT2D eigenvalue weighted by Gasteiger charge is -2.08. The fourth-order valence-electron chi connectivity index (χ4n) is 1.53. The molecule has 3 nitrogen and oxygen atoms in total. The molecular formula is C13H15ClO3. The van der Waals surface area contributed by atoms with Gasteiger partial charge in [-0.3, -0.25) is 4.79 Å². The summed E-state index contributed by atoms with van der Waals surface area (Å²) in [5, 5.41) is 0. The standard InChI is InChI=1S/C13H15ClO3/c1-3-17-13(16)10-4-5-11(8-14)12(7-10)6-9(2)15/h4-5,7H,3,6,8H2,1-2H3. The van der Waals surface area contributed by atoms with Gasteiger partial charge >= 0.3 is 5.97 Å². The number of rotatable bonds is 5. The van der Waals surface area contributed by atoms with Crippen LogP contribution in [0.1, 0.15) is 35.3 Å². The first-order valence-electron chi connectivity index (χ1n) is 5.42. The maximum atomic E-state index is 11.5. The van der Waals surface area contributed by atoms with E-state index in [2.05, 4.69) is 0 Å². The summed E-state index contributed by atoms with van der Waals surface area (Å²) in [6, 6.07) is 5.11. The van der Waals surface area contributed by atoms with Crippen LogP contribution in [0.15, 0.2) is 18.2 Å². The molecule has 0 unspecified atom stereocenters. The van der Waals surface area contributed by atoms with Crippen LogP contribution in [0.3, 0.4) is 0 Å². The molecule has 92 valence electrons. The Morgan fingerprint density at radius 1 is 1.29 bits per heavy atom. The van der Waals surface area contributed by atoms with Gasteiger partial charge in [-0.05, 0) is 37.1 Å². The van der Waals surface area contributed by atoms with Crippen molar-refractivity contribution in [3.63, 3.8) is 0 Å². The molecule has 0 aliphatic carbocycles. The van der Waals surface area contributed by atoms with Crippen molar-refractivity contribution in [2.45, 2.75) is 26.1 Å². The van der Waals surface area contributed by atoms with E-state index in [0.29, 0.717) is 18.1 Å². The minimum atomic E-state index is -0.376. The van der Waals surface area contributed by atoms with Crippen molar-refractivity contribution >= 4 is 23.4 Å². The molecule has 0 aromatic heterocycles. The molecule has 0 atom stereocenters. The van der Waals surface area contributed by atoms with Gasteiger partial charge in [-0.2, -0.15) is 0 Å². The van der Waals surface area contributed by atoms with Gasteiger partial charge in [0.2, 0.25) is 0 Å². The Morgan fingerprint density at radius 2 is 2.00 bits per heavy atom. The number of ketones is 1. The van der Waals surface area contributed by atoms with Crippen molar-refractivity contribution in [3.05, 3.63) is 34.9 Å². The van der Waals surface area contributed by atoms with Crippen LogP contribution in [0.4, 0.5) is 0 Å². The Balaban J connectivity index is 3.03. The van der Waals surface area contributed by atoms with Gasteiger partial charge in [0, 0.05) is 12.3 Å². The second kappa shape index (κ2) is 6.40. The van der Waals surface area contributed by atoms with E-state index in [1.54, 1.807) is 25.1 Å². The summed E-state index contributed by atoms with van der Waals surface area (Å²) >= 11 is 5.78. The molecule has 4 heteroatoms. The average molecular weight is 255 g/mol. The van der Waals surface area contributed by atoms with Gasteiger partial charge < -0.3 is 4.74 Å². The van der Waals surface area contributed by atoms with Gasteiger partial charge in [0.15, 0.2) is 0 Å². The number of benzene rings is 1. The SMILES string of the molecule is CCOC(=O)c1ccc(CCl)c(CC(C)=O)c1. The van der Waals surface area contributed by atoms with Crippen LogP contribution in [0.2, 0.25) is 0 Å². The number of carbonyl (C=O) groups excluding carboxylic acids is 2. The molecule has 17 heavy (non-hydrogen) atoms. The summed E-state index contributed by atoms with van der Waals surface area (Å²) in [7, 11) is 0. The van der Waals surface area contributed by atoms with Gasteiger partial charge in [-0.25, -0.2) is 4.79 Å². The van der Waals surface area contributed by atoms with E-state index >= 15 is 0 Å². The Bertz CT molecular complexity index is 427. The lowest BCUT2D eigenvalue weighted by atomic mass is 10.0. The lowest BCUT2D eigenvalue weighted by molar-refractivity contribution is -0.116. The summed E-state index contributed by atoms with van der Waals surface area (Å²) in [4.78, 5) is 22.7. The quantitative estimate of drug-likeness (QED) is 0.599. The summed E-state index contributed by atoms with van der Waals surface area (Å²) in [5.74, 6) is -0.0121. The summed E-state index contributed by atoms with van der Waals surface area (Å²) in [6.07, 6.45) is 0.287. The van der Waals surface area contributed by atoms with E-state index < -0.39 is 0 Å². The normalized spacial score (nSPS) is 10.1. The molecule has 0 saturated heterocycles. The largest absolute Gasteiger partial charge is 0.462 e. The molecule has 0 radical (unpaired) electrons. The van der Waals surface area contributed by atoms with Crippen molar-refractivity contribution in [1.29, 1.82) is 0 Å². The molecule has 0 N–H and O–H groups in total. The van der Waals surface area contributed by atoms with Gasteiger partial charge in [-0.1, -0.05) is 6.07 Å². The van der Waals surface area contributed by atoms with Crippen LogP contribution in [0.25, 0.3) is 0 Å². The third-order valence-electron chi connectivity index (χ3n) is 2.30. The van der Waals surface area contributed by atoms with Crippen LogP contribution < -0.4 is 0 Å². The van der Waals surface area contributed by atoms with E-state index in [1.165, 1.54) is 6.92 Å². The molecule has 0 heterocycles. The molecular weight excluding hydrogens is 240 g/mol. The van der Waals surface area contributed by atoms with Crippen molar-refractivity contribution in [2.75, 3.05) is 6.61 Å². The zero-order valence-corrected chi connectivity index (χ0v) is 10.7. The van der Waals surface area contributed by atoms with Crippen LogP contribution in [-0.4, -0.2) is 18.4 Å². The zero-order chi connectivity index (χ0) is 12.8. The number of carbonyl (C=O) groups is 2. The zero-order valence-electron chi connectivity index (χ0n) is 9.96. The summed E-state index contributed by atoms with van der Waals surface area (Å²) in [5.41, 5.74) is 2.12. The number of halogens is 1. The summed E-state index contributed by atoms with van der Waals surface area (Å²) in [6.45, 7) is 3.59. The third kappa shape index (κ3) is 3.86. The van der Waals surface area contributed by atoms with Gasteiger partial charge in [0.05, 0.1) is 12.2 Å². The molecule has 0 aliphatic rings. The van der Waals surface area contributed by atoms with Crippen molar-refractivity contribution in [1.82, 2.24) is 0 Å². The van der Waals surface area contributed by atoms with E-state index in [9.17, 15) is 9.59 Å². The van der Waals surface area contributed by atoms with E-state index in [1.807, 2.05) is 0 Å². The first-order valence-corrected chi connectivity index (χ1v) is 5.96. The molecule has 0 amide bonds. The predicted molar refractivity (Wildman–Crippen MR) is 66.3 cm³/mol. The van der Waals surface area contributed by atoms with Crippen molar-refractivity contribution in [2.24, 2.45) is 0 Å². The molecule has 0 aliphatic heterocycles. The Kier molecular flexibility index (Phi) is 5.16. The molecule has 0 fully saturated rings. The minimum absolute atomic E-state index is 0.0392. The molecule has 0 bridgehead atoms. The van der Waals surface area contributed by atoms with Crippen molar-refractivity contribution < 1.29 is 14.3 Å². The third-order valence-corrected chi connectivity index (χ3v) is 2.59. The fraction of sp³-hybridized carbons (Fsp3) is 0.385. The van der Waals surface area contributed by atoms with E-state index in [-0.39, 0.29) is 18.2 Å². The highest BCUT2D eigenvalue weighted by atomic mass is 35.5. The highest BCUT2D eigenvalue weighted by molar-refractivity contribution is 6.17. The first-order chi connectivity index (χ1) is 8.08. The fourth-order valence-corrected chi connectivity index (χ4v) is 1.79. The van der Waals surface area contributed by atoms with Crippen LogP contribution in [0.5, 0.6) is 0 Å². The minimum Gasteiger partial charge on any atom is -0.462 e. The molecule has 1 rings (SSSR count). The second-order valence-electron chi connectivity index (χ2n) is 3.72. The molecule has 0 saturated carbocycles. The number of alkyl halides is 1. The highest BCUT2D eigenvalue weighted by Crippen LogP contribution is 2.16. The Hall–Kier alpha value is -1.35. The average Bonchev–Trinajstić information content (AvgIpc) is 2.28. The number of ether oxygens (including phenoxy) is 1. The maximum Gasteiger partial charge on any atom is 0.338 e. The van der Waals surface area contributed by atoms with Crippen LogP contribution in [-0.2, 0) is 21.8 Å². The monoisotopic (exact) mass is 254 g/mol. The maximum absolute atomic E-state index is 11.5. The lowest BCUT2D eigenvalue weighted by Crippen LogP contribution is -2.07. The van der Waals surface area contributed by atoms with E-state index in [0.717, 1.165) is 11.1 Å². The number of esters is 1. The molecule has 0 spiro atoms. The topological polar surface area (TPSA) is 43.4 Å². The highest BCUT2D eigenvalue weighted by Gasteiger charge is 2.11. The summed E-state index contributed by atoms with van der Waals surface area (Å²) < 4.78 is 4.90. The Morgan fingerprint density at radius 3 is 2.53 bits per heavy atom. The predicted octanol–water partition coefficient (Wildman–Crippen LogP) is 2.73. The smallest absolute Gasteiger partial charge is 0.338 e.